The Morgan fingerprint density at radius 1 is 1.23 bits per heavy atom. The molecule has 13 heavy (non-hydrogen) atoms. The number of aliphatic carboxylic acids is 1. The van der Waals surface area contributed by atoms with Crippen molar-refractivity contribution in [2.45, 2.75) is 5.54 Å². The summed E-state index contributed by atoms with van der Waals surface area (Å²) >= 11 is 0. The van der Waals surface area contributed by atoms with E-state index in [0.29, 0.717) is 0 Å². The van der Waals surface area contributed by atoms with Gasteiger partial charge in [0.15, 0.2) is 0 Å². The van der Waals surface area contributed by atoms with Crippen molar-refractivity contribution in [2.24, 2.45) is 0 Å². The molecular formula is C6H14NNaO5. The maximum Gasteiger partial charge on any atom is 1.00 e. The van der Waals surface area contributed by atoms with Crippen LogP contribution in [0.1, 0.15) is 1.43 Å². The van der Waals surface area contributed by atoms with E-state index in [1.807, 2.05) is 0 Å². The Kier molecular flexibility index (Phi) is 9.33. The van der Waals surface area contributed by atoms with Gasteiger partial charge in [-0.2, -0.15) is 0 Å². The van der Waals surface area contributed by atoms with Gasteiger partial charge in [-0.15, -0.1) is 0 Å². The van der Waals surface area contributed by atoms with E-state index in [9.17, 15) is 4.79 Å². The van der Waals surface area contributed by atoms with Crippen molar-refractivity contribution in [1.82, 2.24) is 5.32 Å². The Labute approximate surface area is 99.4 Å². The number of hydrogen-bond donors (Lipinski definition) is 5. The minimum absolute atomic E-state index is 0. The Morgan fingerprint density at radius 3 is 1.85 bits per heavy atom. The van der Waals surface area contributed by atoms with E-state index in [0.717, 1.165) is 0 Å². The van der Waals surface area contributed by atoms with E-state index in [4.69, 9.17) is 20.4 Å². The summed E-state index contributed by atoms with van der Waals surface area (Å²) < 4.78 is 0. The third-order valence-corrected chi connectivity index (χ3v) is 1.52. The van der Waals surface area contributed by atoms with Crippen LogP contribution in [0.25, 0.3) is 0 Å². The van der Waals surface area contributed by atoms with Gasteiger partial charge in [0.05, 0.1) is 31.9 Å². The molecule has 5 N–H and O–H groups in total. The van der Waals surface area contributed by atoms with E-state index in [2.05, 4.69) is 5.32 Å². The van der Waals surface area contributed by atoms with E-state index < -0.39 is 37.9 Å². The van der Waals surface area contributed by atoms with Gasteiger partial charge in [-0.25, -0.2) is 0 Å². The summed E-state index contributed by atoms with van der Waals surface area (Å²) in [7, 11) is 0. The molecule has 0 rings (SSSR count). The molecule has 0 aliphatic rings. The van der Waals surface area contributed by atoms with Crippen LogP contribution in [0.4, 0.5) is 0 Å². The van der Waals surface area contributed by atoms with E-state index in [1.165, 1.54) is 0 Å². The first-order chi connectivity index (χ1) is 5.60. The van der Waals surface area contributed by atoms with E-state index >= 15 is 0 Å². The average Bonchev–Trinajstić information content (AvgIpc) is 2.08. The number of carboxylic acid groups (broad SMARTS) is 1. The Hall–Kier alpha value is 0.310. The van der Waals surface area contributed by atoms with Crippen LogP contribution < -0.4 is 34.9 Å². The molecule has 0 aliphatic heterocycles. The molecule has 0 bridgehead atoms. The number of aliphatic hydroxyl groups is 3. The predicted molar refractivity (Wildman–Crippen MR) is 40.7 cm³/mol. The van der Waals surface area contributed by atoms with Crippen LogP contribution >= 0.6 is 0 Å². The van der Waals surface area contributed by atoms with Gasteiger partial charge in [-0.3, -0.25) is 10.1 Å². The Morgan fingerprint density at radius 2 is 1.62 bits per heavy atom. The predicted octanol–water partition coefficient (Wildman–Crippen LogP) is -5.51. The maximum atomic E-state index is 10.1. The van der Waals surface area contributed by atoms with Gasteiger partial charge in [-0.1, -0.05) is 0 Å². The quantitative estimate of drug-likeness (QED) is 0.275. The van der Waals surface area contributed by atoms with Crippen molar-refractivity contribution < 1.29 is 56.2 Å². The van der Waals surface area contributed by atoms with E-state index in [-0.39, 0.29) is 31.0 Å². The molecule has 6 nitrogen and oxygen atoms in total. The molecule has 0 saturated carbocycles. The molecule has 0 radical (unpaired) electrons. The smallest absolute Gasteiger partial charge is 1.00 e. The molecule has 0 aromatic rings. The second-order valence-electron chi connectivity index (χ2n) is 2.50. The first kappa shape index (κ1) is 15.8. The fourth-order valence-electron chi connectivity index (χ4n) is 0.581. The van der Waals surface area contributed by atoms with E-state index in [1.54, 1.807) is 0 Å². The Balaban J connectivity index is -0.000000605. The molecule has 0 atom stereocenters. The summed E-state index contributed by atoms with van der Waals surface area (Å²) in [5, 5.41) is 36.7. The molecule has 74 valence electrons. The molecule has 0 unspecified atom stereocenters. The summed E-state index contributed by atoms with van der Waals surface area (Å²) in [4.78, 5) is 10.1. The monoisotopic (exact) mass is 203 g/mol. The van der Waals surface area contributed by atoms with Crippen LogP contribution in [0.2, 0.25) is 0 Å². The van der Waals surface area contributed by atoms with Gasteiger partial charge in [0.1, 0.15) is 0 Å². The number of nitrogens with one attached hydrogen (secondary N) is 1. The zero-order valence-corrected chi connectivity index (χ0v) is 9.53. The van der Waals surface area contributed by atoms with Crippen molar-refractivity contribution in [3.63, 3.8) is 0 Å². The van der Waals surface area contributed by atoms with Crippen molar-refractivity contribution in [3.8, 4) is 0 Å². The summed E-state index contributed by atoms with van der Waals surface area (Å²) in [6.07, 6.45) is 0. The van der Waals surface area contributed by atoms with Gasteiger partial charge < -0.3 is 21.9 Å². The Bertz CT molecular complexity index is 147. The van der Waals surface area contributed by atoms with Crippen LogP contribution in [-0.4, -0.2) is 58.3 Å². The van der Waals surface area contributed by atoms with Crippen LogP contribution in [0.3, 0.4) is 0 Å². The molecule has 7 heteroatoms. The standard InChI is InChI=1S/C6H13NO5.Na.H/c8-2-6(3-9,4-10)7-1-5(11)12;;/h7-10H,1-4H2,(H,11,12);;/q;+1;-1. The molecule has 0 aromatic carbocycles. The largest absolute Gasteiger partial charge is 1.00 e. The van der Waals surface area contributed by atoms with Crippen LogP contribution in [0, 0.1) is 0 Å². The summed E-state index contributed by atoms with van der Waals surface area (Å²) in [5.41, 5.74) is -1.31. The van der Waals surface area contributed by atoms with Crippen LogP contribution in [0.15, 0.2) is 0 Å². The van der Waals surface area contributed by atoms with Gasteiger partial charge in [-0.05, 0) is 0 Å². The molecule has 0 aromatic heterocycles. The minimum atomic E-state index is -1.31. The molecular weight excluding hydrogens is 189 g/mol. The van der Waals surface area contributed by atoms with Crippen LogP contribution in [0.5, 0.6) is 0 Å². The van der Waals surface area contributed by atoms with Gasteiger partial charge in [0, 0.05) is 0 Å². The first-order valence-electron chi connectivity index (χ1n) is 3.39. The number of hydrogen-bond acceptors (Lipinski definition) is 5. The number of carbonyl (C=O) groups is 1. The van der Waals surface area contributed by atoms with Crippen molar-refractivity contribution in [2.75, 3.05) is 26.4 Å². The number of aliphatic hydroxyl groups excluding tert-OH is 3. The molecule has 0 fully saturated rings. The maximum absolute atomic E-state index is 10.1. The molecule has 0 aliphatic carbocycles. The first-order valence-corrected chi connectivity index (χ1v) is 3.39. The third-order valence-electron chi connectivity index (χ3n) is 1.52. The fourth-order valence-corrected chi connectivity index (χ4v) is 0.581. The van der Waals surface area contributed by atoms with Gasteiger partial charge in [0.2, 0.25) is 0 Å². The van der Waals surface area contributed by atoms with Gasteiger partial charge in [0.25, 0.3) is 0 Å². The average molecular weight is 203 g/mol. The summed E-state index contributed by atoms with van der Waals surface area (Å²) in [5.74, 6) is -1.12. The molecule has 0 heterocycles. The zero-order valence-electron chi connectivity index (χ0n) is 8.53. The third kappa shape index (κ3) is 5.58. The molecule has 0 amide bonds. The molecule has 0 saturated heterocycles. The van der Waals surface area contributed by atoms with Gasteiger partial charge >= 0.3 is 35.5 Å². The minimum Gasteiger partial charge on any atom is -1.00 e. The SMILES string of the molecule is O=C(O)CNC(CO)(CO)CO.[H-].[Na+]. The van der Waals surface area contributed by atoms with Crippen molar-refractivity contribution >= 4 is 5.97 Å². The molecule has 0 spiro atoms. The summed E-state index contributed by atoms with van der Waals surface area (Å²) in [6, 6.07) is 0. The number of rotatable bonds is 6. The topological polar surface area (TPSA) is 110 Å². The van der Waals surface area contributed by atoms with Crippen molar-refractivity contribution in [1.29, 1.82) is 0 Å². The summed E-state index contributed by atoms with van der Waals surface area (Å²) in [6.45, 7) is -1.98. The zero-order chi connectivity index (χ0) is 9.61. The van der Waals surface area contributed by atoms with Crippen molar-refractivity contribution in [3.05, 3.63) is 0 Å². The number of carboxylic acids is 1. The second kappa shape index (κ2) is 7.69. The second-order valence-corrected chi connectivity index (χ2v) is 2.50. The fraction of sp³-hybridized carbons (Fsp3) is 0.833. The normalized spacial score (nSPS) is 10.7. The van der Waals surface area contributed by atoms with Crippen LogP contribution in [-0.2, 0) is 4.79 Å².